The highest BCUT2D eigenvalue weighted by Crippen LogP contribution is 2.16. The number of benzene rings is 1. The van der Waals surface area contributed by atoms with E-state index < -0.39 is 156 Å². The Morgan fingerprint density at radius 2 is 1.04 bits per heavy atom. The molecule has 0 bridgehead atoms. The maximum Gasteiger partial charge on any atom is 0.245 e. The first-order chi connectivity index (χ1) is 42.6. The quantitative estimate of drug-likeness (QED) is 0.0144. The van der Waals surface area contributed by atoms with Crippen molar-refractivity contribution in [1.82, 2.24) is 73.1 Å². The van der Waals surface area contributed by atoms with Gasteiger partial charge in [0.05, 0.1) is 43.2 Å². The van der Waals surface area contributed by atoms with E-state index in [1.807, 2.05) is 13.8 Å². The summed E-state index contributed by atoms with van der Waals surface area (Å²) in [6.07, 6.45) is 4.44. The number of nitrogens with zero attached hydrogens (tertiary/aromatic N) is 2. The maximum atomic E-state index is 14.4. The summed E-state index contributed by atoms with van der Waals surface area (Å²) in [5, 5.41) is 64.0. The lowest BCUT2D eigenvalue weighted by atomic mass is 9.96. The number of aromatic amines is 2. The minimum absolute atomic E-state index is 0.0210. The van der Waals surface area contributed by atoms with Crippen LogP contribution in [0.15, 0.2) is 49.3 Å². The van der Waals surface area contributed by atoms with Crippen LogP contribution in [0.25, 0.3) is 0 Å². The first kappa shape index (κ1) is 75.0. The van der Waals surface area contributed by atoms with Gasteiger partial charge in [-0.1, -0.05) is 59.6 Å². The fourth-order valence-electron chi connectivity index (χ4n) is 9.10. The molecule has 1 aromatic carbocycles. The molecule has 33 nitrogen and oxygen atoms in total. The van der Waals surface area contributed by atoms with Gasteiger partial charge < -0.3 is 101 Å². The Labute approximate surface area is 521 Å². The largest absolute Gasteiger partial charge is 0.508 e. The number of aliphatic hydroxyl groups is 2. The normalized spacial score (nSPS) is 15.2. The van der Waals surface area contributed by atoms with E-state index in [-0.39, 0.29) is 56.7 Å². The van der Waals surface area contributed by atoms with Crippen molar-refractivity contribution in [3.8, 4) is 5.75 Å². The Morgan fingerprint density at radius 1 is 0.567 bits per heavy atom. The van der Waals surface area contributed by atoms with Crippen molar-refractivity contribution >= 4 is 70.9 Å². The van der Waals surface area contributed by atoms with Crippen molar-refractivity contribution in [1.29, 1.82) is 5.41 Å². The average molecular weight is 1270 g/mol. The molecule has 3 aromatic rings. The number of H-pyrrole nitrogens is 2. The summed E-state index contributed by atoms with van der Waals surface area (Å²) >= 11 is 0. The number of carbonyl (C=O) groups is 11. The number of carbonyl (C=O) groups excluding carboxylic acids is 11. The van der Waals surface area contributed by atoms with Gasteiger partial charge in [0.15, 0.2) is 5.96 Å². The highest BCUT2D eigenvalue weighted by Gasteiger charge is 2.38. The number of primary amides is 2. The van der Waals surface area contributed by atoms with Crippen LogP contribution in [0.2, 0.25) is 0 Å². The lowest BCUT2D eigenvalue weighted by Crippen LogP contribution is -2.63. The predicted octanol–water partition coefficient (Wildman–Crippen LogP) is -4.92. The van der Waals surface area contributed by atoms with Gasteiger partial charge in [0, 0.05) is 44.1 Å². The van der Waals surface area contributed by atoms with E-state index in [1.165, 1.54) is 49.3 Å². The third-order valence-electron chi connectivity index (χ3n) is 14.4. The number of unbranched alkanes of at least 4 members (excludes halogenated alkanes) is 1. The number of nitrogens with two attached hydrogens (primary N) is 4. The molecule has 33 heteroatoms. The molecule has 0 saturated heterocycles. The maximum absolute atomic E-state index is 14.4. The molecule has 11 amide bonds. The molecule has 0 radical (unpaired) electrons. The highest BCUT2D eigenvalue weighted by atomic mass is 16.3. The minimum Gasteiger partial charge on any atom is -0.508 e. The summed E-state index contributed by atoms with van der Waals surface area (Å²) in [5.41, 5.74) is 23.3. The first-order valence-electron chi connectivity index (χ1n) is 29.7. The second-order valence-corrected chi connectivity index (χ2v) is 22.5. The number of imidazole rings is 2. The Balaban J connectivity index is 1.91. The number of guanidine groups is 1. The Hall–Kier alpha value is -9.24. The molecular formula is C57H91N19O14. The Kier molecular flexibility index (Phi) is 31.9. The van der Waals surface area contributed by atoms with Gasteiger partial charge >= 0.3 is 0 Å². The molecule has 2 aromatic heterocycles. The van der Waals surface area contributed by atoms with Crippen molar-refractivity contribution in [2.24, 2.45) is 40.7 Å². The molecule has 0 aliphatic heterocycles. The van der Waals surface area contributed by atoms with Crippen LogP contribution in [0.1, 0.15) is 110 Å². The van der Waals surface area contributed by atoms with Gasteiger partial charge in [-0.2, -0.15) is 0 Å². The van der Waals surface area contributed by atoms with Crippen LogP contribution >= 0.6 is 0 Å². The lowest BCUT2D eigenvalue weighted by Gasteiger charge is -2.29. The van der Waals surface area contributed by atoms with Gasteiger partial charge in [-0.3, -0.25) is 58.1 Å². The fraction of sp³-hybridized carbons (Fsp3) is 0.579. The van der Waals surface area contributed by atoms with Crippen LogP contribution in [0.4, 0.5) is 0 Å². The summed E-state index contributed by atoms with van der Waals surface area (Å²) < 4.78 is 0. The lowest BCUT2D eigenvalue weighted by molar-refractivity contribution is -0.138. The van der Waals surface area contributed by atoms with E-state index in [0.29, 0.717) is 49.2 Å². The Bertz CT molecular complexity index is 2840. The van der Waals surface area contributed by atoms with Crippen molar-refractivity contribution in [3.63, 3.8) is 0 Å². The molecule has 0 aliphatic carbocycles. The third kappa shape index (κ3) is 26.2. The summed E-state index contributed by atoms with van der Waals surface area (Å²) in [5.74, 6) is -12.4. The number of aromatic hydroxyl groups is 1. The van der Waals surface area contributed by atoms with Crippen molar-refractivity contribution < 1.29 is 68.1 Å². The molecular weight excluding hydrogens is 1170 g/mol. The highest BCUT2D eigenvalue weighted by molar-refractivity contribution is 5.99. The number of hydrogen-bond acceptors (Lipinski definition) is 18. The van der Waals surface area contributed by atoms with Gasteiger partial charge in [0.1, 0.15) is 60.1 Å². The standard InChI is InChI=1S/C57H91N19O14/c1-7-30(4)45(55(89)69-38(47(60)81)21-34-24-63-27-66-34)75-53(87)40(20-33-13-15-36(79)16-14-33)71-52(86)42(23-44(59)80)73-49(83)37(12-10-18-65-57(61)62)68-56(90)46(32(6)78)76-54(88)43(26-77)74-51(85)41(22-35-25-64-28-67-35)72-50(84)39(19-29(2)3)70-48(82)31(5)11-8-9-17-58/h13-16,24-25,27-32,37-43,45-46,77-79H,7-12,17-23,26,58H2,1-6H3,(H2,59,80)(H2,60,81)(H,63,66)(H,64,67)(H,68,90)(H,69,89)(H,70,82)(H,71,86)(H,72,84)(H,73,83)(H,74,85)(H,75,87)(H,76,88)(H4,61,62,65)/t30-,31-,32+,37-,38-,39-,40-,41-,42-,43-,45-,46-/m0/s1. The van der Waals surface area contributed by atoms with Crippen LogP contribution in [-0.4, -0.2) is 186 Å². The zero-order valence-corrected chi connectivity index (χ0v) is 51.6. The summed E-state index contributed by atoms with van der Waals surface area (Å²) in [7, 11) is 0. The molecule has 0 fully saturated rings. The summed E-state index contributed by atoms with van der Waals surface area (Å²) in [4.78, 5) is 165. The van der Waals surface area contributed by atoms with E-state index in [1.54, 1.807) is 20.8 Å². The molecule has 498 valence electrons. The van der Waals surface area contributed by atoms with Crippen molar-refractivity contribution in [2.45, 2.75) is 173 Å². The predicted molar refractivity (Wildman–Crippen MR) is 326 cm³/mol. The fourth-order valence-corrected chi connectivity index (χ4v) is 9.10. The zero-order chi connectivity index (χ0) is 67.2. The van der Waals surface area contributed by atoms with Crippen LogP contribution in [0.5, 0.6) is 5.75 Å². The van der Waals surface area contributed by atoms with Gasteiger partial charge in [-0.25, -0.2) is 9.97 Å². The van der Waals surface area contributed by atoms with Crippen LogP contribution in [-0.2, 0) is 72.0 Å². The molecule has 0 unspecified atom stereocenters. The Morgan fingerprint density at radius 3 is 1.57 bits per heavy atom. The molecule has 12 atom stereocenters. The first-order valence-corrected chi connectivity index (χ1v) is 29.7. The van der Waals surface area contributed by atoms with Gasteiger partial charge in [0.2, 0.25) is 65.0 Å². The monoisotopic (exact) mass is 1270 g/mol. The van der Waals surface area contributed by atoms with E-state index in [9.17, 15) is 68.1 Å². The molecule has 3 rings (SSSR count). The number of aliphatic hydroxyl groups excluding tert-OH is 2. The number of hydrogen-bond donors (Lipinski definition) is 20. The second-order valence-electron chi connectivity index (χ2n) is 22.5. The SMILES string of the molecule is CC[C@H](C)[C@H](NC(=O)[C@H](Cc1ccc(O)cc1)NC(=O)[C@H](CC(N)=O)NC(=O)[C@H](CCCNC(=N)N)NC(=O)[C@@H](NC(=O)[C@H](CO)NC(=O)[C@H](Cc1c[nH]cn1)NC(=O)[C@H](CC(C)C)NC(=O)[C@@H](C)CCCCN)[C@@H](C)O)C(=O)N[C@@H](Cc1c[nH]cn1)C(N)=O. The van der Waals surface area contributed by atoms with E-state index in [4.69, 9.17) is 28.3 Å². The van der Waals surface area contributed by atoms with Gasteiger partial charge in [-0.15, -0.1) is 0 Å². The van der Waals surface area contributed by atoms with Crippen LogP contribution in [0, 0.1) is 23.2 Å². The summed E-state index contributed by atoms with van der Waals surface area (Å²) in [6, 6.07) is -8.57. The molecule has 24 N–H and O–H groups in total. The number of amides is 11. The molecule has 0 aliphatic rings. The van der Waals surface area contributed by atoms with Gasteiger partial charge in [0.25, 0.3) is 0 Å². The van der Waals surface area contributed by atoms with Crippen LogP contribution < -0.4 is 76.1 Å². The van der Waals surface area contributed by atoms with Crippen molar-refractivity contribution in [3.05, 3.63) is 66.3 Å². The van der Waals surface area contributed by atoms with E-state index in [2.05, 4.69) is 73.1 Å². The number of rotatable bonds is 41. The van der Waals surface area contributed by atoms with Crippen molar-refractivity contribution in [2.75, 3.05) is 19.7 Å². The minimum atomic E-state index is -1.94. The molecule has 0 saturated carbocycles. The van der Waals surface area contributed by atoms with E-state index in [0.717, 1.165) is 6.92 Å². The number of nitrogens with one attached hydrogen (secondary N) is 13. The number of phenolic OH excluding ortho intramolecular Hbond substituents is 1. The summed E-state index contributed by atoms with van der Waals surface area (Å²) in [6.45, 7) is 9.18. The molecule has 90 heavy (non-hydrogen) atoms. The molecule has 2 heterocycles. The average Bonchev–Trinajstić information content (AvgIpc) is 2.05. The number of phenols is 1. The van der Waals surface area contributed by atoms with E-state index >= 15 is 0 Å². The third-order valence-corrected chi connectivity index (χ3v) is 14.4. The van der Waals surface area contributed by atoms with Gasteiger partial charge in [-0.05, 0) is 75.1 Å². The zero-order valence-electron chi connectivity index (χ0n) is 51.6. The van der Waals surface area contributed by atoms with Crippen LogP contribution in [0.3, 0.4) is 0 Å². The second kappa shape index (κ2) is 38.2. The topological polar surface area (TPSA) is 554 Å². The number of aromatic nitrogens is 4. The smallest absolute Gasteiger partial charge is 0.245 e. The molecule has 0 spiro atoms.